The van der Waals surface area contributed by atoms with Crippen LogP contribution in [-0.2, 0) is 24.6 Å². The molecule has 3 fully saturated rings. The zero-order valence-corrected chi connectivity index (χ0v) is 29.3. The van der Waals surface area contributed by atoms with Crippen LogP contribution in [0.5, 0.6) is 11.5 Å². The average molecular weight is 734 g/mol. The predicted molar refractivity (Wildman–Crippen MR) is 193 cm³/mol. The van der Waals surface area contributed by atoms with Crippen molar-refractivity contribution >= 4 is 52.4 Å². The maximum atomic E-state index is 15.3. The van der Waals surface area contributed by atoms with E-state index in [2.05, 4.69) is 5.43 Å². The first kappa shape index (κ1) is 34.3. The minimum absolute atomic E-state index is 0.0269. The third kappa shape index (κ3) is 5.16. The molecule has 6 unspecified atom stereocenters. The second kappa shape index (κ2) is 12.7. The van der Waals surface area contributed by atoms with Crippen LogP contribution in [0.3, 0.4) is 0 Å². The third-order valence-corrected chi connectivity index (χ3v) is 11.6. The molecule has 8 rings (SSSR count). The molecule has 1 saturated carbocycles. The summed E-state index contributed by atoms with van der Waals surface area (Å²) in [6.45, 7) is 1.43. The van der Waals surface area contributed by atoms with E-state index in [9.17, 15) is 28.7 Å². The molecule has 4 aliphatic rings. The number of amides is 4. The van der Waals surface area contributed by atoms with Crippen molar-refractivity contribution in [2.45, 2.75) is 31.1 Å². The van der Waals surface area contributed by atoms with E-state index in [1.54, 1.807) is 60.7 Å². The van der Waals surface area contributed by atoms with Gasteiger partial charge in [0, 0.05) is 22.1 Å². The minimum Gasteiger partial charge on any atom is -0.508 e. The molecule has 2 N–H and O–H groups in total. The number of benzene rings is 4. The number of nitrogens with zero attached hydrogens (tertiary/aromatic N) is 2. The lowest BCUT2D eigenvalue weighted by Gasteiger charge is -2.50. The predicted octanol–water partition coefficient (Wildman–Crippen LogP) is 6.59. The Balaban J connectivity index is 1.32. The van der Waals surface area contributed by atoms with E-state index in [1.165, 1.54) is 44.4 Å². The maximum Gasteiger partial charge on any atom is 0.260 e. The Morgan fingerprint density at radius 1 is 0.906 bits per heavy atom. The van der Waals surface area contributed by atoms with Gasteiger partial charge in [-0.05, 0) is 110 Å². The highest BCUT2D eigenvalue weighted by Gasteiger charge is 2.70. The van der Waals surface area contributed by atoms with Crippen LogP contribution in [0.25, 0.3) is 0 Å². The molecule has 0 aromatic heterocycles. The van der Waals surface area contributed by atoms with Crippen molar-refractivity contribution < 1.29 is 38.2 Å². The smallest absolute Gasteiger partial charge is 0.260 e. The number of phenolic OH excluding ortho intramolecular Hbond substituents is 1. The van der Waals surface area contributed by atoms with Crippen LogP contribution in [0.15, 0.2) is 103 Å². The van der Waals surface area contributed by atoms with Crippen molar-refractivity contribution in [2.75, 3.05) is 17.4 Å². The van der Waals surface area contributed by atoms with E-state index in [0.717, 1.165) is 9.91 Å². The van der Waals surface area contributed by atoms with E-state index in [1.807, 2.05) is 6.08 Å². The number of hydrogen-bond acceptors (Lipinski definition) is 8. The molecule has 2 heterocycles. The molecule has 53 heavy (non-hydrogen) atoms. The summed E-state index contributed by atoms with van der Waals surface area (Å²) < 4.78 is 19.4. The fourth-order valence-corrected chi connectivity index (χ4v) is 9.12. The van der Waals surface area contributed by atoms with Gasteiger partial charge in [0.25, 0.3) is 11.8 Å². The number of anilines is 2. The van der Waals surface area contributed by atoms with Gasteiger partial charge in [-0.25, -0.2) is 4.39 Å². The van der Waals surface area contributed by atoms with Crippen molar-refractivity contribution in [3.8, 4) is 11.5 Å². The normalized spacial score (nSPS) is 26.2. The number of fused-ring (bicyclic) bond motifs is 4. The summed E-state index contributed by atoms with van der Waals surface area (Å²) in [5.74, 6) is -6.87. The molecule has 0 bridgehead atoms. The SMILES string of the molecule is COc1ccc(O)c(C2C3=CCC4C(=O)N(c5ccc(C(C)=O)cc5)C(=O)C4C3CC3C(=O)N(Nc4ccc(F)cc4)C(=O)C32c2ccc(Cl)cc2)c1. The average Bonchev–Trinajstić information content (AvgIpc) is 3.53. The fraction of sp³-hybridized carbons (Fsp3) is 0.244. The van der Waals surface area contributed by atoms with Crippen LogP contribution >= 0.6 is 11.6 Å². The zero-order chi connectivity index (χ0) is 37.3. The number of ether oxygens (including phenoxy) is 1. The monoisotopic (exact) mass is 733 g/mol. The van der Waals surface area contributed by atoms with Crippen molar-refractivity contribution in [3.05, 3.63) is 130 Å². The summed E-state index contributed by atoms with van der Waals surface area (Å²) in [7, 11) is 1.47. The molecule has 12 heteroatoms. The second-order valence-electron chi connectivity index (χ2n) is 13.9. The van der Waals surface area contributed by atoms with Crippen molar-refractivity contribution in [1.29, 1.82) is 0 Å². The summed E-state index contributed by atoms with van der Waals surface area (Å²) in [6.07, 6.45) is 2.08. The van der Waals surface area contributed by atoms with Gasteiger partial charge in [0.2, 0.25) is 11.8 Å². The molecule has 4 aromatic rings. The van der Waals surface area contributed by atoms with Crippen molar-refractivity contribution in [1.82, 2.24) is 5.01 Å². The Labute approximate surface area is 308 Å². The lowest BCUT2D eigenvalue weighted by Crippen LogP contribution is -2.53. The fourth-order valence-electron chi connectivity index (χ4n) is 8.99. The van der Waals surface area contributed by atoms with Gasteiger partial charge in [-0.15, -0.1) is 0 Å². The molecule has 2 aliphatic carbocycles. The number of allylic oxidation sites excluding steroid dienone is 2. The van der Waals surface area contributed by atoms with Crippen LogP contribution < -0.4 is 15.1 Å². The van der Waals surface area contributed by atoms with Gasteiger partial charge in [0.05, 0.1) is 41.7 Å². The molecule has 6 atom stereocenters. The largest absolute Gasteiger partial charge is 0.508 e. The summed E-state index contributed by atoms with van der Waals surface area (Å²) in [5.41, 5.74) is 3.70. The number of methoxy groups -OCH3 is 1. The lowest BCUT2D eigenvalue weighted by atomic mass is 9.49. The zero-order valence-electron chi connectivity index (χ0n) is 28.6. The van der Waals surface area contributed by atoms with Crippen molar-refractivity contribution in [2.24, 2.45) is 23.7 Å². The summed E-state index contributed by atoms with van der Waals surface area (Å²) in [4.78, 5) is 71.7. The number of imide groups is 2. The number of hydrogen-bond donors (Lipinski definition) is 2. The standard InChI is InChI=1S/C41H33ClFN3O7/c1-21(47)22-3-13-27(14-4-22)45-37(49)30-17-16-29-31(35(30)39(45)51)20-33-38(50)46(44-26-11-9-25(43)10-12-26)40(52)41(33,23-5-7-24(42)8-6-23)36(29)32-19-28(53-2)15-18-34(32)48/h3-16,18-19,30-31,33,35-36,44,48H,17,20H2,1-2H3. The van der Waals surface area contributed by atoms with E-state index in [0.29, 0.717) is 44.4 Å². The minimum atomic E-state index is -1.67. The first-order valence-electron chi connectivity index (χ1n) is 17.2. The second-order valence-corrected chi connectivity index (χ2v) is 14.3. The highest BCUT2D eigenvalue weighted by molar-refractivity contribution is 6.30. The molecule has 0 radical (unpaired) electrons. The number of rotatable bonds is 7. The quantitative estimate of drug-likeness (QED) is 0.124. The van der Waals surface area contributed by atoms with Gasteiger partial charge >= 0.3 is 0 Å². The molecule has 2 saturated heterocycles. The molecule has 4 amide bonds. The van der Waals surface area contributed by atoms with E-state index >= 15 is 4.79 Å². The number of phenols is 1. The van der Waals surface area contributed by atoms with Gasteiger partial charge in [0.1, 0.15) is 17.3 Å². The Morgan fingerprint density at radius 3 is 2.26 bits per heavy atom. The highest BCUT2D eigenvalue weighted by atomic mass is 35.5. The number of aromatic hydroxyl groups is 1. The topological polar surface area (TPSA) is 133 Å². The van der Waals surface area contributed by atoms with Gasteiger partial charge < -0.3 is 9.84 Å². The van der Waals surface area contributed by atoms with Gasteiger partial charge in [-0.3, -0.25) is 34.3 Å². The first-order valence-corrected chi connectivity index (χ1v) is 17.6. The van der Waals surface area contributed by atoms with Crippen LogP contribution in [0, 0.1) is 29.5 Å². The highest BCUT2D eigenvalue weighted by Crippen LogP contribution is 2.65. The molecule has 2 aliphatic heterocycles. The summed E-state index contributed by atoms with van der Waals surface area (Å²) >= 11 is 6.35. The molecular weight excluding hydrogens is 701 g/mol. The van der Waals surface area contributed by atoms with Crippen LogP contribution in [0.4, 0.5) is 15.8 Å². The molecular formula is C41H33ClFN3O7. The molecule has 4 aromatic carbocycles. The van der Waals surface area contributed by atoms with E-state index < -0.39 is 64.5 Å². The Kier molecular flexibility index (Phi) is 8.21. The van der Waals surface area contributed by atoms with Crippen LogP contribution in [-0.4, -0.2) is 46.6 Å². The molecule has 10 nitrogen and oxygen atoms in total. The number of carbonyl (C=O) groups excluding carboxylic acids is 5. The number of ketones is 1. The van der Waals surface area contributed by atoms with E-state index in [4.69, 9.17) is 16.3 Å². The van der Waals surface area contributed by atoms with Crippen LogP contribution in [0.1, 0.15) is 47.2 Å². The number of nitrogens with one attached hydrogen (secondary N) is 1. The lowest BCUT2D eigenvalue weighted by molar-refractivity contribution is -0.138. The number of hydrazine groups is 1. The molecule has 268 valence electrons. The van der Waals surface area contributed by atoms with Gasteiger partial charge in [-0.1, -0.05) is 35.4 Å². The first-order chi connectivity index (χ1) is 25.4. The third-order valence-electron chi connectivity index (χ3n) is 11.3. The van der Waals surface area contributed by atoms with Crippen molar-refractivity contribution in [3.63, 3.8) is 0 Å². The Hall–Kier alpha value is -5.81. The number of Topliss-reactive ketones (excluding diaryl/α,β-unsaturated/α-hetero) is 1. The van der Waals surface area contributed by atoms with Gasteiger partial charge in [0.15, 0.2) is 5.78 Å². The van der Waals surface area contributed by atoms with E-state index in [-0.39, 0.29) is 24.4 Å². The summed E-state index contributed by atoms with van der Waals surface area (Å²) in [6, 6.07) is 22.8. The number of halogens is 2. The Morgan fingerprint density at radius 2 is 1.60 bits per heavy atom. The molecule has 0 spiro atoms. The van der Waals surface area contributed by atoms with Crippen LogP contribution in [0.2, 0.25) is 5.02 Å². The Bertz CT molecular complexity index is 2240. The van der Waals surface area contributed by atoms with Gasteiger partial charge in [-0.2, -0.15) is 5.01 Å². The maximum absolute atomic E-state index is 15.3. The summed E-state index contributed by atoms with van der Waals surface area (Å²) in [5, 5.41) is 12.9. The number of carbonyl (C=O) groups is 5.